The van der Waals surface area contributed by atoms with Crippen molar-refractivity contribution in [2.75, 3.05) is 37.6 Å². The summed E-state index contributed by atoms with van der Waals surface area (Å²) in [4.78, 5) is 35.3. The lowest BCUT2D eigenvalue weighted by atomic mass is 10.1. The summed E-state index contributed by atoms with van der Waals surface area (Å²) >= 11 is 0. The van der Waals surface area contributed by atoms with Crippen molar-refractivity contribution in [3.05, 3.63) is 56.6 Å². The highest BCUT2D eigenvalue weighted by atomic mass is 16.4. The van der Waals surface area contributed by atoms with Gasteiger partial charge in [-0.1, -0.05) is 31.0 Å². The van der Waals surface area contributed by atoms with Gasteiger partial charge in [0.05, 0.1) is 0 Å². The van der Waals surface area contributed by atoms with Crippen LogP contribution >= 0.6 is 0 Å². The number of rotatable bonds is 7. The van der Waals surface area contributed by atoms with Crippen molar-refractivity contribution in [2.45, 2.75) is 33.2 Å². The van der Waals surface area contributed by atoms with Crippen LogP contribution in [0.2, 0.25) is 0 Å². The summed E-state index contributed by atoms with van der Waals surface area (Å²) in [5, 5.41) is 8.49. The molecule has 5 rings (SSSR count). The molecule has 0 N–H and O–H groups in total. The van der Waals surface area contributed by atoms with Gasteiger partial charge >= 0.3 is 5.69 Å². The molecule has 36 heavy (non-hydrogen) atoms. The van der Waals surface area contributed by atoms with Crippen LogP contribution < -0.4 is 16.1 Å². The van der Waals surface area contributed by atoms with Crippen LogP contribution in [0.25, 0.3) is 22.6 Å². The van der Waals surface area contributed by atoms with Gasteiger partial charge < -0.3 is 9.32 Å². The summed E-state index contributed by atoms with van der Waals surface area (Å²) in [5.41, 5.74) is 1.83. The van der Waals surface area contributed by atoms with Gasteiger partial charge in [-0.3, -0.25) is 23.4 Å². The molecule has 0 spiro atoms. The summed E-state index contributed by atoms with van der Waals surface area (Å²) in [6, 6.07) is 7.86. The second-order valence-corrected chi connectivity index (χ2v) is 9.43. The number of aryl methyl sites for hydroxylation is 2. The van der Waals surface area contributed by atoms with Crippen molar-refractivity contribution in [3.8, 4) is 11.5 Å². The minimum Gasteiger partial charge on any atom is -0.419 e. The number of nitrogens with zero attached hydrogens (tertiary/aromatic N) is 8. The SMILES string of the molecule is CCCCN1CCN(c2nc3c(c(=O)n(C)c(=O)n3C)n2Cc2nnc(-c3cccc(C)c3)o2)CC1. The third-order valence-electron chi connectivity index (χ3n) is 6.84. The molecule has 0 unspecified atom stereocenters. The fraction of sp³-hybridized carbons (Fsp3) is 0.480. The molecule has 3 aromatic heterocycles. The summed E-state index contributed by atoms with van der Waals surface area (Å²) in [6.45, 7) is 8.85. The normalized spacial score (nSPS) is 14.7. The largest absolute Gasteiger partial charge is 0.419 e. The Kier molecular flexibility index (Phi) is 6.48. The lowest BCUT2D eigenvalue weighted by Crippen LogP contribution is -2.47. The highest BCUT2D eigenvalue weighted by Gasteiger charge is 2.26. The number of fused-ring (bicyclic) bond motifs is 1. The quantitative estimate of drug-likeness (QED) is 0.384. The van der Waals surface area contributed by atoms with E-state index in [1.807, 2.05) is 35.8 Å². The van der Waals surface area contributed by atoms with Gasteiger partial charge in [-0.25, -0.2) is 4.79 Å². The molecule has 0 radical (unpaired) electrons. The number of hydrogen-bond donors (Lipinski definition) is 0. The lowest BCUT2D eigenvalue weighted by Gasteiger charge is -2.35. The maximum Gasteiger partial charge on any atom is 0.332 e. The molecule has 4 heterocycles. The number of benzene rings is 1. The van der Waals surface area contributed by atoms with E-state index in [0.29, 0.717) is 28.9 Å². The first kappa shape index (κ1) is 24.0. The zero-order chi connectivity index (χ0) is 25.4. The van der Waals surface area contributed by atoms with Crippen LogP contribution in [-0.4, -0.2) is 66.5 Å². The molecule has 0 bridgehead atoms. The molecule has 1 aliphatic heterocycles. The third-order valence-corrected chi connectivity index (χ3v) is 6.84. The predicted octanol–water partition coefficient (Wildman–Crippen LogP) is 1.76. The van der Waals surface area contributed by atoms with E-state index in [4.69, 9.17) is 9.40 Å². The van der Waals surface area contributed by atoms with Gasteiger partial charge in [0, 0.05) is 45.8 Å². The van der Waals surface area contributed by atoms with E-state index in [2.05, 4.69) is 26.9 Å². The first-order chi connectivity index (χ1) is 17.4. The molecule has 0 atom stereocenters. The number of anilines is 1. The van der Waals surface area contributed by atoms with Gasteiger partial charge in [0.2, 0.25) is 17.7 Å². The van der Waals surface area contributed by atoms with Crippen LogP contribution in [0.1, 0.15) is 31.2 Å². The van der Waals surface area contributed by atoms with Crippen molar-refractivity contribution in [2.24, 2.45) is 14.1 Å². The van der Waals surface area contributed by atoms with E-state index in [-0.39, 0.29) is 6.54 Å². The predicted molar refractivity (Wildman–Crippen MR) is 137 cm³/mol. The average Bonchev–Trinajstić information content (AvgIpc) is 3.51. The van der Waals surface area contributed by atoms with E-state index in [0.717, 1.165) is 48.4 Å². The summed E-state index contributed by atoms with van der Waals surface area (Å²) in [6.07, 6.45) is 2.35. The van der Waals surface area contributed by atoms with Crippen molar-refractivity contribution in [1.29, 1.82) is 0 Å². The molecule has 1 saturated heterocycles. The molecule has 1 aliphatic rings. The standard InChI is InChI=1S/C25H32N8O3/c1-5-6-10-31-11-13-32(14-12-31)24-26-21-20(23(34)30(4)25(35)29(21)3)33(24)16-19-27-28-22(36-19)18-9-7-8-17(2)15-18/h7-9,15H,5-6,10-14,16H2,1-4H3. The Morgan fingerprint density at radius 2 is 1.81 bits per heavy atom. The molecule has 11 nitrogen and oxygen atoms in total. The molecule has 190 valence electrons. The van der Waals surface area contributed by atoms with Gasteiger partial charge in [0.1, 0.15) is 6.54 Å². The minimum atomic E-state index is -0.410. The van der Waals surface area contributed by atoms with Crippen LogP contribution in [0.15, 0.2) is 38.3 Å². The Labute approximate surface area is 208 Å². The first-order valence-electron chi connectivity index (χ1n) is 12.4. The van der Waals surface area contributed by atoms with E-state index >= 15 is 0 Å². The Morgan fingerprint density at radius 3 is 2.53 bits per heavy atom. The van der Waals surface area contributed by atoms with Gasteiger partial charge in [-0.15, -0.1) is 10.2 Å². The van der Waals surface area contributed by atoms with Crippen LogP contribution in [0.5, 0.6) is 0 Å². The van der Waals surface area contributed by atoms with Crippen LogP contribution in [0.4, 0.5) is 5.95 Å². The van der Waals surface area contributed by atoms with E-state index in [9.17, 15) is 9.59 Å². The fourth-order valence-electron chi connectivity index (χ4n) is 4.73. The van der Waals surface area contributed by atoms with Crippen LogP contribution in [0, 0.1) is 6.92 Å². The summed E-state index contributed by atoms with van der Waals surface area (Å²) < 4.78 is 10.3. The summed E-state index contributed by atoms with van der Waals surface area (Å²) in [7, 11) is 3.12. The maximum absolute atomic E-state index is 13.2. The number of aromatic nitrogens is 6. The molecule has 0 saturated carbocycles. The monoisotopic (exact) mass is 492 g/mol. The number of imidazole rings is 1. The van der Waals surface area contributed by atoms with Crippen molar-refractivity contribution < 1.29 is 4.42 Å². The van der Waals surface area contributed by atoms with Crippen molar-refractivity contribution in [1.82, 2.24) is 33.8 Å². The zero-order valence-electron chi connectivity index (χ0n) is 21.3. The highest BCUT2D eigenvalue weighted by Crippen LogP contribution is 2.24. The molecule has 0 aliphatic carbocycles. The Balaban J connectivity index is 1.54. The molecule has 1 fully saturated rings. The van der Waals surface area contributed by atoms with E-state index in [1.54, 1.807) is 7.05 Å². The van der Waals surface area contributed by atoms with Gasteiger partial charge in [0.25, 0.3) is 5.56 Å². The second-order valence-electron chi connectivity index (χ2n) is 9.43. The Hall–Kier alpha value is -3.73. The average molecular weight is 493 g/mol. The first-order valence-corrected chi connectivity index (χ1v) is 12.4. The fourth-order valence-corrected chi connectivity index (χ4v) is 4.73. The lowest BCUT2D eigenvalue weighted by molar-refractivity contribution is 0.252. The van der Waals surface area contributed by atoms with Gasteiger partial charge in [0.15, 0.2) is 11.2 Å². The molecular weight excluding hydrogens is 460 g/mol. The number of unbranched alkanes of at least 4 members (excludes halogenated alkanes) is 1. The Morgan fingerprint density at radius 1 is 1.03 bits per heavy atom. The number of hydrogen-bond acceptors (Lipinski definition) is 8. The van der Waals surface area contributed by atoms with E-state index < -0.39 is 11.2 Å². The van der Waals surface area contributed by atoms with E-state index in [1.165, 1.54) is 24.5 Å². The third kappa shape index (κ3) is 4.34. The number of piperazine rings is 1. The van der Waals surface area contributed by atoms with Gasteiger partial charge in [-0.2, -0.15) is 4.98 Å². The summed E-state index contributed by atoms with van der Waals surface area (Å²) in [5.74, 6) is 1.42. The molecule has 0 amide bonds. The second kappa shape index (κ2) is 9.73. The van der Waals surface area contributed by atoms with Gasteiger partial charge in [-0.05, 0) is 32.0 Å². The smallest absolute Gasteiger partial charge is 0.332 e. The van der Waals surface area contributed by atoms with Crippen molar-refractivity contribution >= 4 is 17.1 Å². The topological polar surface area (TPSA) is 107 Å². The minimum absolute atomic E-state index is 0.175. The molecular formula is C25H32N8O3. The molecule has 11 heteroatoms. The zero-order valence-corrected chi connectivity index (χ0v) is 21.3. The Bertz CT molecular complexity index is 1500. The highest BCUT2D eigenvalue weighted by molar-refractivity contribution is 5.74. The molecule has 1 aromatic carbocycles. The van der Waals surface area contributed by atoms with Crippen LogP contribution in [-0.2, 0) is 20.6 Å². The molecule has 4 aromatic rings. The maximum atomic E-state index is 13.2. The van der Waals surface area contributed by atoms with Crippen LogP contribution in [0.3, 0.4) is 0 Å². The van der Waals surface area contributed by atoms with Crippen molar-refractivity contribution in [3.63, 3.8) is 0 Å².